The molecule has 1 aromatic heterocycles. The number of thioether (sulfide) groups is 1. The van der Waals surface area contributed by atoms with E-state index >= 15 is 0 Å². The highest BCUT2D eigenvalue weighted by Gasteiger charge is 2.63. The number of tetrazole rings is 1. The molecule has 2 amide bonds. The number of hydrogen-bond acceptors (Lipinski definition) is 7. The Morgan fingerprint density at radius 2 is 2.03 bits per heavy atom. The Kier molecular flexibility index (Phi) is 5.54. The second-order valence-corrected chi connectivity index (χ2v) is 10.4. The summed E-state index contributed by atoms with van der Waals surface area (Å²) in [4.78, 5) is 27.9. The lowest BCUT2D eigenvalue weighted by Gasteiger charge is -2.44. The largest absolute Gasteiger partial charge is 0.340 e. The van der Waals surface area contributed by atoms with Crippen molar-refractivity contribution in [3.63, 3.8) is 0 Å². The molecule has 3 N–H and O–H groups in total. The van der Waals surface area contributed by atoms with Crippen molar-refractivity contribution < 1.29 is 9.59 Å². The number of benzene rings is 1. The van der Waals surface area contributed by atoms with Crippen LogP contribution in [0.3, 0.4) is 0 Å². The van der Waals surface area contributed by atoms with Crippen molar-refractivity contribution in [3.8, 4) is 0 Å². The lowest BCUT2D eigenvalue weighted by molar-refractivity contribution is -0.152. The van der Waals surface area contributed by atoms with E-state index in [1.54, 1.807) is 16.7 Å². The second kappa shape index (κ2) is 7.99. The number of aromatic nitrogens is 4. The Labute approximate surface area is 179 Å². The first-order chi connectivity index (χ1) is 14.3. The van der Waals surface area contributed by atoms with Crippen LogP contribution in [0, 0.1) is 5.92 Å². The molecule has 30 heavy (non-hydrogen) atoms. The highest BCUT2D eigenvalue weighted by molar-refractivity contribution is 8.01. The van der Waals surface area contributed by atoms with Crippen LogP contribution in [-0.2, 0) is 9.59 Å². The topological polar surface area (TPSA) is 116 Å². The predicted molar refractivity (Wildman–Crippen MR) is 113 cm³/mol. The molecule has 2 aliphatic rings. The van der Waals surface area contributed by atoms with Gasteiger partial charge in [-0.2, -0.15) is 5.21 Å². The molecule has 4 rings (SSSR count). The monoisotopic (exact) mass is 429 g/mol. The number of hydrogen-bond donors (Lipinski definition) is 3. The van der Waals surface area contributed by atoms with Crippen LogP contribution in [-0.4, -0.2) is 60.0 Å². The molecule has 9 nitrogen and oxygen atoms in total. The zero-order valence-corrected chi connectivity index (χ0v) is 18.3. The van der Waals surface area contributed by atoms with Gasteiger partial charge in [-0.1, -0.05) is 49.4 Å². The smallest absolute Gasteiger partial charge is 0.249 e. The van der Waals surface area contributed by atoms with Crippen molar-refractivity contribution in [2.45, 2.75) is 55.9 Å². The summed E-state index contributed by atoms with van der Waals surface area (Å²) >= 11 is 1.65. The normalized spacial score (nSPS) is 25.7. The number of nitrogens with one attached hydrogen (secondary N) is 3. The van der Waals surface area contributed by atoms with E-state index < -0.39 is 12.1 Å². The van der Waals surface area contributed by atoms with Gasteiger partial charge in [0.2, 0.25) is 11.8 Å². The maximum absolute atomic E-state index is 13.2. The molecule has 2 saturated heterocycles. The van der Waals surface area contributed by atoms with Crippen molar-refractivity contribution in [1.82, 2.24) is 36.2 Å². The zero-order valence-electron chi connectivity index (χ0n) is 17.5. The standard InChI is InChI=1S/C20H27N7O2S/c1-11(2)10-21-13(12-8-6-5-7-9-12)17(28)22-14-18(29)27-15(16-23-25-26-24-16)20(3,4)30-19(14)27/h5-9,11,13-15,19,21H,10H2,1-4H3,(H,22,28)(H,23,24,25,26). The highest BCUT2D eigenvalue weighted by atomic mass is 32.2. The quantitative estimate of drug-likeness (QED) is 0.570. The van der Waals surface area contributed by atoms with E-state index in [2.05, 4.69) is 59.0 Å². The first-order valence-corrected chi connectivity index (χ1v) is 11.0. The average molecular weight is 430 g/mol. The minimum absolute atomic E-state index is 0.114. The van der Waals surface area contributed by atoms with Crippen LogP contribution in [0.5, 0.6) is 0 Å². The van der Waals surface area contributed by atoms with Crippen molar-refractivity contribution in [1.29, 1.82) is 0 Å². The molecule has 4 atom stereocenters. The third-order valence-electron chi connectivity index (χ3n) is 5.47. The predicted octanol–water partition coefficient (Wildman–Crippen LogP) is 1.41. The number of β-lactam (4-membered cyclic amide) rings is 1. The maximum Gasteiger partial charge on any atom is 0.249 e. The van der Waals surface area contributed by atoms with Crippen LogP contribution >= 0.6 is 11.8 Å². The number of H-pyrrole nitrogens is 1. The van der Waals surface area contributed by atoms with Crippen LogP contribution in [0.4, 0.5) is 0 Å². The molecular weight excluding hydrogens is 402 g/mol. The first kappa shape index (κ1) is 20.8. The molecular formula is C20H27N7O2S. The van der Waals surface area contributed by atoms with Crippen molar-refractivity contribution in [2.75, 3.05) is 6.54 Å². The van der Waals surface area contributed by atoms with Gasteiger partial charge in [-0.25, -0.2) is 0 Å². The van der Waals surface area contributed by atoms with Gasteiger partial charge in [0, 0.05) is 4.75 Å². The second-order valence-electron chi connectivity index (χ2n) is 8.66. The molecule has 0 aliphatic carbocycles. The third-order valence-corrected chi connectivity index (χ3v) is 7.04. The number of rotatable bonds is 7. The molecule has 2 aromatic rings. The Morgan fingerprint density at radius 1 is 1.30 bits per heavy atom. The lowest BCUT2D eigenvalue weighted by Crippen LogP contribution is -2.68. The van der Waals surface area contributed by atoms with Crippen LogP contribution in [0.15, 0.2) is 30.3 Å². The third kappa shape index (κ3) is 3.69. The van der Waals surface area contributed by atoms with Crippen LogP contribution in [0.25, 0.3) is 0 Å². The summed E-state index contributed by atoms with van der Waals surface area (Å²) in [6, 6.07) is 8.23. The Bertz CT molecular complexity index is 903. The molecule has 0 saturated carbocycles. The van der Waals surface area contributed by atoms with Crippen molar-refractivity contribution in [2.24, 2.45) is 5.92 Å². The van der Waals surface area contributed by atoms with Crippen LogP contribution in [0.1, 0.15) is 51.2 Å². The van der Waals surface area contributed by atoms with Gasteiger partial charge in [0.25, 0.3) is 0 Å². The lowest BCUT2D eigenvalue weighted by atomic mass is 9.95. The zero-order chi connectivity index (χ0) is 21.5. The van der Waals surface area contributed by atoms with E-state index in [1.165, 1.54) is 0 Å². The molecule has 0 bridgehead atoms. The molecule has 4 unspecified atom stereocenters. The fourth-order valence-corrected chi connectivity index (χ4v) is 5.68. The van der Waals surface area contributed by atoms with Gasteiger partial charge in [-0.05, 0) is 31.9 Å². The van der Waals surface area contributed by atoms with Gasteiger partial charge in [0.05, 0.1) is 0 Å². The number of fused-ring (bicyclic) bond motifs is 1. The Balaban J connectivity index is 1.50. The fraction of sp³-hybridized carbons (Fsp3) is 0.550. The summed E-state index contributed by atoms with van der Waals surface area (Å²) in [7, 11) is 0. The van der Waals surface area contributed by atoms with Gasteiger partial charge < -0.3 is 15.5 Å². The van der Waals surface area contributed by atoms with Gasteiger partial charge >= 0.3 is 0 Å². The van der Waals surface area contributed by atoms with E-state index in [0.29, 0.717) is 18.3 Å². The minimum Gasteiger partial charge on any atom is -0.340 e. The summed E-state index contributed by atoms with van der Waals surface area (Å²) in [5.41, 5.74) is 0.878. The number of nitrogens with zero attached hydrogens (tertiary/aromatic N) is 4. The van der Waals surface area contributed by atoms with Gasteiger partial charge in [0.15, 0.2) is 5.82 Å². The number of amides is 2. The van der Waals surface area contributed by atoms with E-state index in [1.807, 2.05) is 30.3 Å². The molecule has 0 spiro atoms. The average Bonchev–Trinajstić information content (AvgIpc) is 3.31. The molecule has 1 aromatic carbocycles. The number of carbonyl (C=O) groups is 2. The molecule has 2 aliphatic heterocycles. The Hall–Kier alpha value is -2.46. The Morgan fingerprint density at radius 3 is 2.67 bits per heavy atom. The van der Waals surface area contributed by atoms with Gasteiger partial charge in [-0.15, -0.1) is 22.0 Å². The summed E-state index contributed by atoms with van der Waals surface area (Å²) < 4.78 is -0.293. The fourth-order valence-electron chi connectivity index (χ4n) is 4.05. The van der Waals surface area contributed by atoms with E-state index in [9.17, 15) is 9.59 Å². The van der Waals surface area contributed by atoms with Crippen molar-refractivity contribution in [3.05, 3.63) is 41.7 Å². The molecule has 10 heteroatoms. The minimum atomic E-state index is -0.564. The molecule has 0 radical (unpaired) electrons. The van der Waals surface area contributed by atoms with E-state index in [0.717, 1.165) is 5.56 Å². The summed E-state index contributed by atoms with van der Waals surface area (Å²) in [5, 5.41) is 20.4. The maximum atomic E-state index is 13.2. The molecule has 2 fully saturated rings. The van der Waals surface area contributed by atoms with Crippen molar-refractivity contribution >= 4 is 23.6 Å². The highest BCUT2D eigenvalue weighted by Crippen LogP contribution is 2.56. The first-order valence-electron chi connectivity index (χ1n) is 10.1. The SMILES string of the molecule is CC(C)CNC(C(=O)NC1C(=O)N2C1SC(C)(C)C2c1nn[nH]n1)c1ccccc1. The molecule has 160 valence electrons. The number of aromatic amines is 1. The van der Waals surface area contributed by atoms with Crippen LogP contribution < -0.4 is 10.6 Å². The van der Waals surface area contributed by atoms with E-state index in [-0.39, 0.29) is 28.0 Å². The van der Waals surface area contributed by atoms with Gasteiger partial charge in [-0.3, -0.25) is 9.59 Å². The summed E-state index contributed by atoms with van der Waals surface area (Å²) in [5.74, 6) is 0.582. The number of carbonyl (C=O) groups excluding carboxylic acids is 2. The van der Waals surface area contributed by atoms with Gasteiger partial charge in [0.1, 0.15) is 23.5 Å². The molecule has 3 heterocycles. The summed E-state index contributed by atoms with van der Waals surface area (Å²) in [6.07, 6.45) is 0. The van der Waals surface area contributed by atoms with E-state index in [4.69, 9.17) is 0 Å². The van der Waals surface area contributed by atoms with Crippen LogP contribution in [0.2, 0.25) is 0 Å². The summed E-state index contributed by atoms with van der Waals surface area (Å²) in [6.45, 7) is 8.99.